The molecule has 0 rings (SSSR count). The van der Waals surface area contributed by atoms with E-state index < -0.39 is 0 Å². The van der Waals surface area contributed by atoms with Crippen molar-refractivity contribution in [2.75, 3.05) is 20.6 Å². The second kappa shape index (κ2) is 6.22. The highest BCUT2D eigenvalue weighted by Crippen LogP contribution is 1.89. The normalized spacial score (nSPS) is 12.1. The van der Waals surface area contributed by atoms with Gasteiger partial charge < -0.3 is 10.6 Å². The molecule has 0 aromatic heterocycles. The zero-order valence-electron chi connectivity index (χ0n) is 8.45. The minimum Gasteiger partial charge on any atom is -0.405 e. The number of hydrogen-bond acceptors (Lipinski definition) is 3. The molecule has 0 aliphatic carbocycles. The van der Waals surface area contributed by atoms with Crippen LogP contribution in [0.3, 0.4) is 0 Å². The van der Waals surface area contributed by atoms with Crippen LogP contribution in [0.2, 0.25) is 0 Å². The number of carbonyl (C=O) groups is 1. The van der Waals surface area contributed by atoms with Gasteiger partial charge in [-0.1, -0.05) is 6.92 Å². The lowest BCUT2D eigenvalue weighted by atomic mass is 10.3. The molecule has 0 bridgehead atoms. The van der Waals surface area contributed by atoms with Crippen LogP contribution in [0.15, 0.2) is 17.3 Å². The number of nitrogens with two attached hydrogens (primary N) is 1. The fraction of sp³-hybridized carbons (Fsp3) is 0.556. The molecule has 2 N–H and O–H groups in total. The third kappa shape index (κ3) is 5.00. The molecule has 4 heteroatoms. The quantitative estimate of drug-likeness (QED) is 0.641. The molecule has 0 unspecified atom stereocenters. The molecule has 0 aliphatic heterocycles. The van der Waals surface area contributed by atoms with Crippen molar-refractivity contribution in [2.24, 2.45) is 10.7 Å². The molecule has 0 aromatic carbocycles. The van der Waals surface area contributed by atoms with E-state index in [1.54, 1.807) is 20.2 Å². The van der Waals surface area contributed by atoms with Crippen molar-refractivity contribution in [2.45, 2.75) is 13.3 Å². The smallest absolute Gasteiger partial charge is 0.243 e. The molecule has 0 radical (unpaired) electrons. The molecule has 0 aliphatic rings. The monoisotopic (exact) mass is 183 g/mol. The maximum atomic E-state index is 11.1. The van der Waals surface area contributed by atoms with Crippen molar-refractivity contribution in [3.8, 4) is 0 Å². The SMILES string of the molecule is CCC(/C=C\N)=NCC(=O)N(C)C. The van der Waals surface area contributed by atoms with Gasteiger partial charge in [-0.25, -0.2) is 0 Å². The van der Waals surface area contributed by atoms with Crippen molar-refractivity contribution >= 4 is 11.6 Å². The number of aliphatic imine (C=N–C) groups is 1. The van der Waals surface area contributed by atoms with Crippen LogP contribution in [0.4, 0.5) is 0 Å². The van der Waals surface area contributed by atoms with Crippen molar-refractivity contribution in [3.63, 3.8) is 0 Å². The maximum absolute atomic E-state index is 11.1. The van der Waals surface area contributed by atoms with Crippen LogP contribution < -0.4 is 5.73 Å². The minimum absolute atomic E-state index is 0.00336. The van der Waals surface area contributed by atoms with Crippen molar-refractivity contribution in [1.82, 2.24) is 4.90 Å². The Kier molecular flexibility index (Phi) is 5.59. The largest absolute Gasteiger partial charge is 0.405 e. The van der Waals surface area contributed by atoms with E-state index in [0.717, 1.165) is 12.1 Å². The Balaban J connectivity index is 4.14. The number of hydrogen-bond donors (Lipinski definition) is 1. The van der Waals surface area contributed by atoms with E-state index in [-0.39, 0.29) is 12.5 Å². The first-order valence-corrected chi connectivity index (χ1v) is 4.23. The highest BCUT2D eigenvalue weighted by atomic mass is 16.2. The van der Waals surface area contributed by atoms with E-state index in [4.69, 9.17) is 5.73 Å². The first-order chi connectivity index (χ1) is 6.11. The molecule has 0 atom stereocenters. The van der Waals surface area contributed by atoms with Crippen LogP contribution >= 0.6 is 0 Å². The average molecular weight is 183 g/mol. The molecule has 13 heavy (non-hydrogen) atoms. The number of amides is 1. The van der Waals surface area contributed by atoms with E-state index in [1.165, 1.54) is 11.1 Å². The zero-order valence-corrected chi connectivity index (χ0v) is 8.45. The summed E-state index contributed by atoms with van der Waals surface area (Å²) in [4.78, 5) is 16.8. The van der Waals surface area contributed by atoms with Gasteiger partial charge in [0.15, 0.2) is 0 Å². The Morgan fingerprint density at radius 2 is 2.15 bits per heavy atom. The lowest BCUT2D eigenvalue weighted by molar-refractivity contribution is -0.127. The molecule has 0 saturated heterocycles. The zero-order chi connectivity index (χ0) is 10.3. The maximum Gasteiger partial charge on any atom is 0.243 e. The predicted molar refractivity (Wildman–Crippen MR) is 54.6 cm³/mol. The topological polar surface area (TPSA) is 58.7 Å². The van der Waals surface area contributed by atoms with E-state index in [0.29, 0.717) is 0 Å². The van der Waals surface area contributed by atoms with Gasteiger partial charge in [0, 0.05) is 19.8 Å². The molecule has 0 spiro atoms. The average Bonchev–Trinajstić information content (AvgIpc) is 2.11. The third-order valence-electron chi connectivity index (χ3n) is 1.57. The molecule has 0 heterocycles. The first-order valence-electron chi connectivity index (χ1n) is 4.23. The Hall–Kier alpha value is -1.32. The fourth-order valence-electron chi connectivity index (χ4n) is 0.704. The van der Waals surface area contributed by atoms with Gasteiger partial charge in [0.2, 0.25) is 5.91 Å². The highest BCUT2D eigenvalue weighted by molar-refractivity contribution is 5.96. The molecule has 0 fully saturated rings. The van der Waals surface area contributed by atoms with Crippen molar-refractivity contribution in [3.05, 3.63) is 12.3 Å². The molecular formula is C9H17N3O. The summed E-state index contributed by atoms with van der Waals surface area (Å²) in [7, 11) is 3.42. The van der Waals surface area contributed by atoms with Gasteiger partial charge in [-0.3, -0.25) is 9.79 Å². The van der Waals surface area contributed by atoms with Crippen LogP contribution in [0.5, 0.6) is 0 Å². The Bertz CT molecular complexity index is 219. The highest BCUT2D eigenvalue weighted by Gasteiger charge is 2.01. The second-order valence-corrected chi connectivity index (χ2v) is 2.81. The van der Waals surface area contributed by atoms with Crippen LogP contribution in [0.25, 0.3) is 0 Å². The minimum atomic E-state index is -0.00336. The van der Waals surface area contributed by atoms with Gasteiger partial charge in [-0.15, -0.1) is 0 Å². The van der Waals surface area contributed by atoms with Crippen molar-refractivity contribution < 1.29 is 4.79 Å². The van der Waals surface area contributed by atoms with E-state index in [1.807, 2.05) is 6.92 Å². The summed E-state index contributed by atoms with van der Waals surface area (Å²) in [6.45, 7) is 2.17. The molecule has 0 saturated carbocycles. The van der Waals surface area contributed by atoms with Crippen LogP contribution in [0.1, 0.15) is 13.3 Å². The van der Waals surface area contributed by atoms with E-state index in [2.05, 4.69) is 4.99 Å². The summed E-state index contributed by atoms with van der Waals surface area (Å²) in [6, 6.07) is 0. The lowest BCUT2D eigenvalue weighted by Crippen LogP contribution is -2.24. The molecule has 4 nitrogen and oxygen atoms in total. The lowest BCUT2D eigenvalue weighted by Gasteiger charge is -2.07. The van der Waals surface area contributed by atoms with E-state index in [9.17, 15) is 4.79 Å². The summed E-state index contributed by atoms with van der Waals surface area (Å²) < 4.78 is 0. The molecule has 1 amide bonds. The third-order valence-corrected chi connectivity index (χ3v) is 1.57. The molecule has 74 valence electrons. The van der Waals surface area contributed by atoms with Crippen LogP contribution in [-0.2, 0) is 4.79 Å². The summed E-state index contributed by atoms with van der Waals surface area (Å²) in [5.41, 5.74) is 6.06. The first kappa shape index (κ1) is 11.7. The van der Waals surface area contributed by atoms with Gasteiger partial charge in [-0.05, 0) is 18.7 Å². The fourth-order valence-corrected chi connectivity index (χ4v) is 0.704. The van der Waals surface area contributed by atoms with Gasteiger partial charge >= 0.3 is 0 Å². The number of nitrogens with zero attached hydrogens (tertiary/aromatic N) is 2. The van der Waals surface area contributed by atoms with E-state index >= 15 is 0 Å². The summed E-state index contributed by atoms with van der Waals surface area (Å²) in [5, 5.41) is 0. The molecule has 0 aromatic rings. The van der Waals surface area contributed by atoms with Gasteiger partial charge in [-0.2, -0.15) is 0 Å². The van der Waals surface area contributed by atoms with Gasteiger partial charge in [0.05, 0.1) is 0 Å². The number of carbonyl (C=O) groups excluding carboxylic acids is 1. The standard InChI is InChI=1S/C9H17N3O/c1-4-8(5-6-10)11-7-9(13)12(2)3/h5-6H,4,7,10H2,1-3H3/b6-5-,11-8?. The summed E-state index contributed by atoms with van der Waals surface area (Å²) in [5.74, 6) is -0.00336. The van der Waals surface area contributed by atoms with Gasteiger partial charge in [0.1, 0.15) is 6.54 Å². The van der Waals surface area contributed by atoms with Crippen LogP contribution in [0, 0.1) is 0 Å². The Morgan fingerprint density at radius 1 is 1.54 bits per heavy atom. The number of rotatable bonds is 4. The second-order valence-electron chi connectivity index (χ2n) is 2.81. The number of likely N-dealkylation sites (N-methyl/N-ethyl adjacent to an activating group) is 1. The van der Waals surface area contributed by atoms with Crippen molar-refractivity contribution in [1.29, 1.82) is 0 Å². The predicted octanol–water partition coefficient (Wildman–Crippen LogP) is 0.398. The number of allylic oxidation sites excluding steroid dienone is 1. The van der Waals surface area contributed by atoms with Crippen LogP contribution in [-0.4, -0.2) is 37.2 Å². The molecular weight excluding hydrogens is 166 g/mol. The Labute approximate surface area is 79.1 Å². The Morgan fingerprint density at radius 3 is 2.54 bits per heavy atom. The summed E-state index contributed by atoms with van der Waals surface area (Å²) >= 11 is 0. The van der Waals surface area contributed by atoms with Gasteiger partial charge in [0.25, 0.3) is 0 Å². The summed E-state index contributed by atoms with van der Waals surface area (Å²) in [6.07, 6.45) is 3.93.